The fourth-order valence-electron chi connectivity index (χ4n) is 5.95. The fraction of sp³-hybridized carbons (Fsp3) is 0.0909. The van der Waals surface area contributed by atoms with E-state index in [0.717, 1.165) is 16.7 Å². The largest absolute Gasteiger partial charge is 0.455 e. The highest BCUT2D eigenvalue weighted by atomic mass is 32.2. The third-order valence-corrected chi connectivity index (χ3v) is 10.4. The van der Waals surface area contributed by atoms with Gasteiger partial charge in [0.25, 0.3) is 0 Å². The van der Waals surface area contributed by atoms with E-state index in [1.54, 1.807) is 0 Å². The molecule has 5 aromatic carbocycles. The number of benzene rings is 5. The predicted octanol–water partition coefficient (Wildman–Crippen LogP) is 10.2. The van der Waals surface area contributed by atoms with E-state index in [4.69, 9.17) is 4.42 Å². The fourth-order valence-corrected chi connectivity index (χ4v) is 8.36. The highest BCUT2D eigenvalue weighted by molar-refractivity contribution is 8.05. The third kappa shape index (κ3) is 2.76. The van der Waals surface area contributed by atoms with Crippen molar-refractivity contribution in [1.82, 2.24) is 0 Å². The van der Waals surface area contributed by atoms with Crippen molar-refractivity contribution in [3.8, 4) is 22.3 Å². The zero-order valence-electron chi connectivity index (χ0n) is 20.0. The molecule has 3 heteroatoms. The number of hydrogen-bond acceptors (Lipinski definition) is 3. The molecule has 0 amide bonds. The SMILES string of the molecule is CC1(C)c2cc(-c3cccc4c3oc3ccccc34)ccc2-c2c1ccc1c2Sc2ccccc2S1. The molecule has 6 aromatic rings. The van der Waals surface area contributed by atoms with Gasteiger partial charge in [-0.1, -0.05) is 104 Å². The molecule has 0 atom stereocenters. The maximum absolute atomic E-state index is 6.37. The first-order valence-electron chi connectivity index (χ1n) is 12.3. The van der Waals surface area contributed by atoms with E-state index < -0.39 is 0 Å². The lowest BCUT2D eigenvalue weighted by atomic mass is 9.81. The van der Waals surface area contributed by atoms with Gasteiger partial charge >= 0.3 is 0 Å². The van der Waals surface area contributed by atoms with E-state index in [1.165, 1.54) is 58.2 Å². The minimum absolute atomic E-state index is 0.0698. The van der Waals surface area contributed by atoms with Crippen LogP contribution in [-0.2, 0) is 5.41 Å². The van der Waals surface area contributed by atoms with Crippen LogP contribution >= 0.6 is 23.5 Å². The first-order chi connectivity index (χ1) is 17.6. The number of hydrogen-bond donors (Lipinski definition) is 0. The second-order valence-corrected chi connectivity index (χ2v) is 12.3. The third-order valence-electron chi connectivity index (χ3n) is 7.75. The van der Waals surface area contributed by atoms with Crippen molar-refractivity contribution in [2.24, 2.45) is 0 Å². The van der Waals surface area contributed by atoms with Gasteiger partial charge < -0.3 is 4.42 Å². The molecule has 8 rings (SSSR count). The van der Waals surface area contributed by atoms with Crippen LogP contribution in [0.2, 0.25) is 0 Å². The van der Waals surface area contributed by atoms with Crippen LogP contribution in [0.5, 0.6) is 0 Å². The van der Waals surface area contributed by atoms with Gasteiger partial charge in [-0.15, -0.1) is 0 Å². The molecule has 0 saturated carbocycles. The summed E-state index contributed by atoms with van der Waals surface area (Å²) in [6.45, 7) is 4.73. The maximum Gasteiger partial charge on any atom is 0.143 e. The molecule has 1 nitrogen and oxygen atoms in total. The van der Waals surface area contributed by atoms with Gasteiger partial charge in [-0.2, -0.15) is 0 Å². The Morgan fingerprint density at radius 1 is 0.611 bits per heavy atom. The van der Waals surface area contributed by atoms with Crippen LogP contribution in [0.4, 0.5) is 0 Å². The summed E-state index contributed by atoms with van der Waals surface area (Å²) in [7, 11) is 0. The summed E-state index contributed by atoms with van der Waals surface area (Å²) in [5, 5.41) is 2.34. The van der Waals surface area contributed by atoms with Crippen molar-refractivity contribution >= 4 is 45.5 Å². The quantitative estimate of drug-likeness (QED) is 0.223. The van der Waals surface area contributed by atoms with Crippen molar-refractivity contribution < 1.29 is 4.42 Å². The highest BCUT2D eigenvalue weighted by Crippen LogP contribution is 2.59. The summed E-state index contributed by atoms with van der Waals surface area (Å²) in [5.74, 6) is 0. The molecule has 0 N–H and O–H groups in total. The first-order valence-corrected chi connectivity index (χ1v) is 13.9. The molecule has 36 heavy (non-hydrogen) atoms. The lowest BCUT2D eigenvalue weighted by molar-refractivity contribution is 0.658. The van der Waals surface area contributed by atoms with E-state index in [9.17, 15) is 0 Å². The van der Waals surface area contributed by atoms with Crippen molar-refractivity contribution in [3.05, 3.63) is 108 Å². The number of para-hydroxylation sites is 2. The summed E-state index contributed by atoms with van der Waals surface area (Å²) >= 11 is 3.81. The van der Waals surface area contributed by atoms with Gasteiger partial charge in [-0.25, -0.2) is 0 Å². The smallest absolute Gasteiger partial charge is 0.143 e. The molecule has 172 valence electrons. The molecule has 0 spiro atoms. The summed E-state index contributed by atoms with van der Waals surface area (Å²) in [6.07, 6.45) is 0. The van der Waals surface area contributed by atoms with Crippen molar-refractivity contribution in [3.63, 3.8) is 0 Å². The van der Waals surface area contributed by atoms with Gasteiger partial charge in [-0.3, -0.25) is 0 Å². The highest BCUT2D eigenvalue weighted by Gasteiger charge is 2.39. The van der Waals surface area contributed by atoms with Crippen molar-refractivity contribution in [1.29, 1.82) is 0 Å². The summed E-state index contributed by atoms with van der Waals surface area (Å²) in [6, 6.07) is 35.3. The molecular formula is C33H22OS2. The Morgan fingerprint density at radius 3 is 2.28 bits per heavy atom. The van der Waals surface area contributed by atoms with E-state index in [2.05, 4.69) is 105 Å². The zero-order valence-corrected chi connectivity index (χ0v) is 21.6. The Morgan fingerprint density at radius 2 is 1.39 bits per heavy atom. The maximum atomic E-state index is 6.37. The molecule has 1 aromatic heterocycles. The molecule has 0 saturated heterocycles. The van der Waals surface area contributed by atoms with E-state index in [-0.39, 0.29) is 5.41 Å². The summed E-state index contributed by atoms with van der Waals surface area (Å²) in [5.41, 5.74) is 9.78. The number of rotatable bonds is 1. The predicted molar refractivity (Wildman–Crippen MR) is 151 cm³/mol. The van der Waals surface area contributed by atoms with Gasteiger partial charge in [0.1, 0.15) is 11.2 Å². The lowest BCUT2D eigenvalue weighted by Gasteiger charge is -2.24. The molecule has 0 unspecified atom stereocenters. The van der Waals surface area contributed by atoms with Crippen molar-refractivity contribution in [2.45, 2.75) is 38.8 Å². The summed E-state index contributed by atoms with van der Waals surface area (Å²) < 4.78 is 6.37. The van der Waals surface area contributed by atoms with Crippen LogP contribution in [0.3, 0.4) is 0 Å². The van der Waals surface area contributed by atoms with E-state index >= 15 is 0 Å². The van der Waals surface area contributed by atoms with Crippen LogP contribution in [0, 0.1) is 0 Å². The van der Waals surface area contributed by atoms with Gasteiger partial charge in [0.15, 0.2) is 0 Å². The summed E-state index contributed by atoms with van der Waals surface area (Å²) in [4.78, 5) is 5.46. The Kier molecular flexibility index (Phi) is 4.22. The standard InChI is InChI=1S/C33H22OS2/c1-33(2)24-16-17-29-32(36-28-13-6-5-12-27(28)35-29)30(24)23-15-14-19(18-25(23)33)20-9-7-10-22-21-8-3-4-11-26(21)34-31(20)22/h3-18H,1-2H3. The molecule has 0 fully saturated rings. The molecule has 1 aliphatic carbocycles. The van der Waals surface area contributed by atoms with Crippen LogP contribution in [0.25, 0.3) is 44.2 Å². The molecule has 0 bridgehead atoms. The Labute approximate surface area is 218 Å². The second-order valence-electron chi connectivity index (χ2n) is 10.1. The molecule has 2 aliphatic rings. The van der Waals surface area contributed by atoms with Crippen LogP contribution < -0.4 is 0 Å². The Bertz CT molecular complexity index is 1880. The van der Waals surface area contributed by atoms with Crippen LogP contribution in [-0.4, -0.2) is 0 Å². The first kappa shape index (κ1) is 20.8. The minimum Gasteiger partial charge on any atom is -0.455 e. The minimum atomic E-state index is -0.0698. The molecule has 1 aliphatic heterocycles. The number of fused-ring (bicyclic) bond motifs is 9. The molecular weight excluding hydrogens is 476 g/mol. The van der Waals surface area contributed by atoms with Gasteiger partial charge in [0.05, 0.1) is 0 Å². The van der Waals surface area contributed by atoms with Gasteiger partial charge in [0.2, 0.25) is 0 Å². The van der Waals surface area contributed by atoms with Gasteiger partial charge in [0, 0.05) is 46.9 Å². The van der Waals surface area contributed by atoms with Gasteiger partial charge in [-0.05, 0) is 52.6 Å². The normalized spacial score (nSPS) is 14.9. The molecule has 0 radical (unpaired) electrons. The monoisotopic (exact) mass is 498 g/mol. The average molecular weight is 499 g/mol. The van der Waals surface area contributed by atoms with Crippen LogP contribution in [0.1, 0.15) is 25.0 Å². The van der Waals surface area contributed by atoms with Crippen molar-refractivity contribution in [2.75, 3.05) is 0 Å². The average Bonchev–Trinajstić information content (AvgIpc) is 3.40. The lowest BCUT2D eigenvalue weighted by Crippen LogP contribution is -2.15. The zero-order chi connectivity index (χ0) is 24.0. The Hall–Kier alpha value is -3.40. The second kappa shape index (κ2) is 7.32. The van der Waals surface area contributed by atoms with E-state index in [1.807, 2.05) is 29.6 Å². The van der Waals surface area contributed by atoms with E-state index in [0.29, 0.717) is 0 Å². The topological polar surface area (TPSA) is 13.1 Å². The Balaban J connectivity index is 1.32. The number of furan rings is 1. The molecule has 2 heterocycles. The van der Waals surface area contributed by atoms with Crippen LogP contribution in [0.15, 0.2) is 121 Å².